The van der Waals surface area contributed by atoms with E-state index < -0.39 is 16.5 Å². The van der Waals surface area contributed by atoms with Gasteiger partial charge in [0.05, 0.1) is 6.10 Å². The van der Waals surface area contributed by atoms with E-state index >= 15 is 0 Å². The van der Waals surface area contributed by atoms with Gasteiger partial charge in [-0.05, 0) is 13.3 Å². The molecule has 0 spiro atoms. The van der Waals surface area contributed by atoms with Crippen molar-refractivity contribution in [2.24, 2.45) is 0 Å². The lowest BCUT2D eigenvalue weighted by Gasteiger charge is -2.03. The smallest absolute Gasteiger partial charge is 0.243 e. The zero-order valence-electron chi connectivity index (χ0n) is 5.33. The molecule has 0 aliphatic heterocycles. The summed E-state index contributed by atoms with van der Waals surface area (Å²) in [4.78, 5) is 0. The zero-order chi connectivity index (χ0) is 7.49. The molecule has 0 aromatic carbocycles. The van der Waals surface area contributed by atoms with E-state index in [1.54, 1.807) is 6.92 Å². The van der Waals surface area contributed by atoms with Crippen LogP contribution in [0.1, 0.15) is 20.3 Å². The Hall–Kier alpha value is -0.130. The predicted octanol–water partition coefficient (Wildman–Crippen LogP) is 0.477. The van der Waals surface area contributed by atoms with Crippen LogP contribution in [-0.2, 0) is 19.1 Å². The Morgan fingerprint density at radius 3 is 2.11 bits per heavy atom. The van der Waals surface area contributed by atoms with Crippen LogP contribution in [0.5, 0.6) is 0 Å². The summed E-state index contributed by atoms with van der Waals surface area (Å²) in [5.74, 6) is 0. The minimum Gasteiger partial charge on any atom is -0.243 e. The molecule has 0 saturated carbocycles. The molecule has 1 atom stereocenters. The average molecular weight is 153 g/mol. The van der Waals surface area contributed by atoms with E-state index in [1.807, 2.05) is 0 Å². The lowest BCUT2D eigenvalue weighted by atomic mass is 10.3. The molecule has 0 amide bonds. The minimum atomic E-state index is -4.49. The van der Waals surface area contributed by atoms with Crippen molar-refractivity contribution in [2.45, 2.75) is 26.4 Å². The second-order valence-electron chi connectivity index (χ2n) is 1.72. The molecule has 5 heteroatoms. The van der Waals surface area contributed by atoms with Gasteiger partial charge >= 0.3 is 10.4 Å². The summed E-state index contributed by atoms with van der Waals surface area (Å²) in [7, 11) is -4.49. The van der Waals surface area contributed by atoms with E-state index in [9.17, 15) is 13.0 Å². The number of hydrogen-bond donors (Lipinski definition) is 0. The predicted molar refractivity (Wildman–Crippen MR) is 30.4 cm³/mol. The Kier molecular flexibility index (Phi) is 3.10. The summed E-state index contributed by atoms with van der Waals surface area (Å²) in [5.41, 5.74) is 0. The Morgan fingerprint density at radius 2 is 2.00 bits per heavy atom. The van der Waals surface area contributed by atoms with Crippen molar-refractivity contribution in [3.05, 3.63) is 0 Å². The van der Waals surface area contributed by atoms with Crippen LogP contribution in [0.25, 0.3) is 0 Å². The lowest BCUT2D eigenvalue weighted by Crippen LogP contribution is -2.11. The first-order valence-electron chi connectivity index (χ1n) is 2.60. The van der Waals surface area contributed by atoms with Crippen LogP contribution in [0.15, 0.2) is 0 Å². The molecular weight excluding hydrogens is 144 g/mol. The molecule has 0 heterocycles. The molecule has 0 aromatic rings. The fourth-order valence-corrected chi connectivity index (χ4v) is 0.808. The summed E-state index contributed by atoms with van der Waals surface area (Å²) in [6.07, 6.45) is 0.00840. The van der Waals surface area contributed by atoms with Crippen molar-refractivity contribution in [1.29, 1.82) is 0 Å². The zero-order valence-corrected chi connectivity index (χ0v) is 6.14. The van der Waals surface area contributed by atoms with Crippen molar-refractivity contribution in [3.63, 3.8) is 0 Å². The molecule has 55 valence electrons. The quantitative estimate of drug-likeness (QED) is 0.592. The van der Waals surface area contributed by atoms with Crippen LogP contribution in [-0.4, -0.2) is 14.5 Å². The highest BCUT2D eigenvalue weighted by atomic mass is 32.3. The van der Waals surface area contributed by atoms with Gasteiger partial charge in [-0.1, -0.05) is 11.5 Å². The van der Waals surface area contributed by atoms with E-state index in [0.29, 0.717) is 6.42 Å². The Balaban J connectivity index is 3.75. The summed E-state index contributed by atoms with van der Waals surface area (Å²) < 4.78 is 33.5. The average Bonchev–Trinajstić information content (AvgIpc) is 1.62. The fraction of sp³-hybridized carbons (Fsp3) is 1.00. The van der Waals surface area contributed by atoms with Gasteiger partial charge in [-0.2, -0.15) is 8.42 Å². The molecular formula is C4H9O4S. The molecule has 9 heavy (non-hydrogen) atoms. The molecule has 1 radical (unpaired) electrons. The first kappa shape index (κ1) is 8.87. The van der Waals surface area contributed by atoms with Crippen LogP contribution in [0.3, 0.4) is 0 Å². The molecule has 0 saturated heterocycles. The highest BCUT2D eigenvalue weighted by Gasteiger charge is 2.10. The monoisotopic (exact) mass is 153 g/mol. The van der Waals surface area contributed by atoms with Crippen molar-refractivity contribution in [3.8, 4) is 0 Å². The first-order valence-corrected chi connectivity index (χ1v) is 3.93. The molecule has 0 N–H and O–H groups in total. The van der Waals surface area contributed by atoms with E-state index in [-0.39, 0.29) is 0 Å². The van der Waals surface area contributed by atoms with Gasteiger partial charge in [0.1, 0.15) is 0 Å². The molecule has 0 aliphatic carbocycles. The van der Waals surface area contributed by atoms with Crippen molar-refractivity contribution in [1.82, 2.24) is 0 Å². The van der Waals surface area contributed by atoms with Gasteiger partial charge in [0.15, 0.2) is 0 Å². The fourth-order valence-electron chi connectivity index (χ4n) is 0.269. The highest BCUT2D eigenvalue weighted by Crippen LogP contribution is 1.99. The molecule has 0 fully saturated rings. The minimum absolute atomic E-state index is 0.507. The molecule has 1 unspecified atom stereocenters. The molecule has 0 aromatic heterocycles. The molecule has 0 bridgehead atoms. The summed E-state index contributed by atoms with van der Waals surface area (Å²) >= 11 is 0. The van der Waals surface area contributed by atoms with Crippen LogP contribution in [0.2, 0.25) is 0 Å². The van der Waals surface area contributed by atoms with Crippen LogP contribution >= 0.6 is 0 Å². The second-order valence-corrected chi connectivity index (χ2v) is 2.73. The Labute approximate surface area is 54.8 Å². The largest absolute Gasteiger partial charge is 0.427 e. The molecule has 0 rings (SSSR count). The SMILES string of the molecule is CCC(C)OS([O])(=O)=O. The topological polar surface area (TPSA) is 63.3 Å². The van der Waals surface area contributed by atoms with E-state index in [2.05, 4.69) is 4.18 Å². The van der Waals surface area contributed by atoms with E-state index in [4.69, 9.17) is 0 Å². The van der Waals surface area contributed by atoms with Gasteiger partial charge in [-0.25, -0.2) is 4.18 Å². The van der Waals surface area contributed by atoms with E-state index in [0.717, 1.165) is 0 Å². The van der Waals surface area contributed by atoms with Gasteiger partial charge in [0, 0.05) is 0 Å². The number of hydrogen-bond acceptors (Lipinski definition) is 3. The van der Waals surface area contributed by atoms with Crippen LogP contribution < -0.4 is 0 Å². The highest BCUT2D eigenvalue weighted by molar-refractivity contribution is 7.80. The van der Waals surface area contributed by atoms with Gasteiger partial charge < -0.3 is 0 Å². The summed E-state index contributed by atoms with van der Waals surface area (Å²) in [6.45, 7) is 3.26. The Morgan fingerprint density at radius 1 is 1.56 bits per heavy atom. The van der Waals surface area contributed by atoms with E-state index in [1.165, 1.54) is 6.92 Å². The van der Waals surface area contributed by atoms with Gasteiger partial charge in [0.2, 0.25) is 0 Å². The van der Waals surface area contributed by atoms with Crippen LogP contribution in [0, 0.1) is 0 Å². The normalized spacial score (nSPS) is 15.4. The maximum absolute atomic E-state index is 9.82. The third kappa shape index (κ3) is 5.75. The van der Waals surface area contributed by atoms with Crippen molar-refractivity contribution in [2.75, 3.05) is 0 Å². The summed E-state index contributed by atoms with van der Waals surface area (Å²) in [5, 5.41) is 0. The third-order valence-corrected chi connectivity index (χ3v) is 1.42. The van der Waals surface area contributed by atoms with Crippen molar-refractivity contribution >= 4 is 10.4 Å². The second kappa shape index (κ2) is 3.14. The van der Waals surface area contributed by atoms with Gasteiger partial charge in [-0.15, -0.1) is 0 Å². The third-order valence-electron chi connectivity index (χ3n) is 0.857. The van der Waals surface area contributed by atoms with Crippen molar-refractivity contribution < 1.29 is 17.2 Å². The maximum atomic E-state index is 9.82. The number of rotatable bonds is 3. The molecule has 4 nitrogen and oxygen atoms in total. The summed E-state index contributed by atoms with van der Waals surface area (Å²) in [6, 6.07) is 0. The lowest BCUT2D eigenvalue weighted by molar-refractivity contribution is 0.179. The van der Waals surface area contributed by atoms with Crippen LogP contribution in [0.4, 0.5) is 0 Å². The maximum Gasteiger partial charge on any atom is 0.427 e. The molecule has 0 aliphatic rings. The van der Waals surface area contributed by atoms with Gasteiger partial charge in [0.25, 0.3) is 0 Å². The Bertz CT molecular complexity index is 159. The standard InChI is InChI=1S/C4H9O4S/c1-3-4(2)8-9(5,6)7/h4H,3H2,1-2H3. The first-order chi connectivity index (χ1) is 3.95. The van der Waals surface area contributed by atoms with Gasteiger partial charge in [-0.3, -0.25) is 0 Å².